The van der Waals surface area contributed by atoms with E-state index < -0.39 is 0 Å². The number of allylic oxidation sites excluding steroid dienone is 1. The van der Waals surface area contributed by atoms with Crippen molar-refractivity contribution < 1.29 is 4.74 Å². The molecule has 1 spiro atoms. The largest absolute Gasteiger partial charge is 0.364 e. The smallest absolute Gasteiger partial charge is 0.0955 e. The van der Waals surface area contributed by atoms with Gasteiger partial charge in [0.15, 0.2) is 0 Å². The van der Waals surface area contributed by atoms with Gasteiger partial charge in [-0.1, -0.05) is 26.3 Å². The second kappa shape index (κ2) is 4.35. The number of hydrogen-bond donors (Lipinski definition) is 0. The number of fused-ring (bicyclic) bond motifs is 1. The molecule has 1 heteroatoms. The Bertz CT molecular complexity index is 394. The molecule has 1 saturated heterocycles. The highest BCUT2D eigenvalue weighted by molar-refractivity contribution is 5.31. The molecule has 3 atom stereocenters. The number of ether oxygens (including phenoxy) is 1. The lowest BCUT2D eigenvalue weighted by Gasteiger charge is -2.52. The maximum absolute atomic E-state index is 6.81. The summed E-state index contributed by atoms with van der Waals surface area (Å²) in [5.74, 6) is 0.767. The summed E-state index contributed by atoms with van der Waals surface area (Å²) in [5, 5.41) is 0. The number of rotatable bonds is 3. The lowest BCUT2D eigenvalue weighted by molar-refractivity contribution is -0.132. The Labute approximate surface area is 118 Å². The molecular formula is C18H30O. The first-order valence-corrected chi connectivity index (χ1v) is 8.33. The van der Waals surface area contributed by atoms with Crippen molar-refractivity contribution in [2.75, 3.05) is 0 Å². The SMILES string of the molecule is CCCCC1=CCC[C@@]2(C)CCC3C[C@]12OC3(C)C. The summed E-state index contributed by atoms with van der Waals surface area (Å²) in [5.41, 5.74) is 2.22. The van der Waals surface area contributed by atoms with Crippen molar-refractivity contribution in [3.63, 3.8) is 0 Å². The van der Waals surface area contributed by atoms with Crippen LogP contribution in [0.25, 0.3) is 0 Å². The van der Waals surface area contributed by atoms with E-state index in [-0.39, 0.29) is 11.2 Å². The molecule has 0 amide bonds. The van der Waals surface area contributed by atoms with Crippen molar-refractivity contribution in [2.24, 2.45) is 11.3 Å². The van der Waals surface area contributed by atoms with Gasteiger partial charge in [-0.05, 0) is 70.3 Å². The Hall–Kier alpha value is -0.300. The molecule has 1 aliphatic heterocycles. The fraction of sp³-hybridized carbons (Fsp3) is 0.889. The lowest BCUT2D eigenvalue weighted by atomic mass is 9.55. The van der Waals surface area contributed by atoms with Crippen LogP contribution in [0.15, 0.2) is 11.6 Å². The predicted molar refractivity (Wildman–Crippen MR) is 80.2 cm³/mol. The highest BCUT2D eigenvalue weighted by Crippen LogP contribution is 2.65. The highest BCUT2D eigenvalue weighted by atomic mass is 16.5. The fourth-order valence-electron chi connectivity index (χ4n) is 4.99. The summed E-state index contributed by atoms with van der Waals surface area (Å²) >= 11 is 0. The van der Waals surface area contributed by atoms with E-state index in [9.17, 15) is 0 Å². The molecule has 1 saturated carbocycles. The van der Waals surface area contributed by atoms with Crippen LogP contribution in [0.5, 0.6) is 0 Å². The molecule has 2 aliphatic carbocycles. The van der Waals surface area contributed by atoms with Gasteiger partial charge in [0.2, 0.25) is 0 Å². The van der Waals surface area contributed by atoms with Gasteiger partial charge in [-0.2, -0.15) is 0 Å². The first-order valence-electron chi connectivity index (χ1n) is 8.33. The van der Waals surface area contributed by atoms with Crippen molar-refractivity contribution in [1.82, 2.24) is 0 Å². The van der Waals surface area contributed by atoms with Crippen LogP contribution in [0.2, 0.25) is 0 Å². The Morgan fingerprint density at radius 3 is 2.79 bits per heavy atom. The van der Waals surface area contributed by atoms with Crippen LogP contribution in [0.1, 0.15) is 79.1 Å². The van der Waals surface area contributed by atoms with Crippen LogP contribution >= 0.6 is 0 Å². The molecule has 3 rings (SSSR count). The molecule has 0 radical (unpaired) electrons. The Morgan fingerprint density at radius 2 is 2.05 bits per heavy atom. The third kappa shape index (κ3) is 1.84. The van der Waals surface area contributed by atoms with Gasteiger partial charge in [0.1, 0.15) is 0 Å². The zero-order valence-corrected chi connectivity index (χ0v) is 13.2. The first kappa shape index (κ1) is 13.7. The minimum Gasteiger partial charge on any atom is -0.364 e. The number of hydrogen-bond acceptors (Lipinski definition) is 1. The second-order valence-electron chi connectivity index (χ2n) is 7.90. The van der Waals surface area contributed by atoms with Gasteiger partial charge in [-0.25, -0.2) is 0 Å². The van der Waals surface area contributed by atoms with E-state index in [1.807, 2.05) is 0 Å². The zero-order chi connectivity index (χ0) is 13.7. The van der Waals surface area contributed by atoms with Gasteiger partial charge in [0.25, 0.3) is 0 Å². The molecule has 1 heterocycles. The van der Waals surface area contributed by atoms with Crippen LogP contribution in [-0.4, -0.2) is 11.2 Å². The third-order valence-corrected chi connectivity index (χ3v) is 6.38. The zero-order valence-electron chi connectivity index (χ0n) is 13.2. The second-order valence-corrected chi connectivity index (χ2v) is 7.90. The molecule has 2 bridgehead atoms. The summed E-state index contributed by atoms with van der Waals surface area (Å²) < 4.78 is 6.81. The van der Waals surface area contributed by atoms with Gasteiger partial charge in [-0.3, -0.25) is 0 Å². The molecule has 0 aromatic heterocycles. The van der Waals surface area contributed by atoms with Gasteiger partial charge in [-0.15, -0.1) is 0 Å². The van der Waals surface area contributed by atoms with E-state index in [1.54, 1.807) is 5.57 Å². The molecule has 1 nitrogen and oxygen atoms in total. The Balaban J connectivity index is 1.98. The normalized spacial score (nSPS) is 43.8. The average Bonchev–Trinajstić information content (AvgIpc) is 2.58. The van der Waals surface area contributed by atoms with Gasteiger partial charge in [0, 0.05) is 5.41 Å². The molecule has 0 aromatic rings. The molecule has 19 heavy (non-hydrogen) atoms. The molecule has 0 N–H and O–H groups in total. The molecule has 2 fully saturated rings. The van der Waals surface area contributed by atoms with E-state index in [1.165, 1.54) is 51.4 Å². The summed E-state index contributed by atoms with van der Waals surface area (Å²) in [4.78, 5) is 0. The fourth-order valence-corrected chi connectivity index (χ4v) is 4.99. The van der Waals surface area contributed by atoms with Crippen LogP contribution in [0.3, 0.4) is 0 Å². The molecule has 108 valence electrons. The van der Waals surface area contributed by atoms with Crippen LogP contribution in [0.4, 0.5) is 0 Å². The van der Waals surface area contributed by atoms with Crippen molar-refractivity contribution >= 4 is 0 Å². The van der Waals surface area contributed by atoms with E-state index in [2.05, 4.69) is 33.8 Å². The van der Waals surface area contributed by atoms with Crippen molar-refractivity contribution in [3.8, 4) is 0 Å². The van der Waals surface area contributed by atoms with E-state index >= 15 is 0 Å². The molecule has 3 aliphatic rings. The average molecular weight is 262 g/mol. The highest BCUT2D eigenvalue weighted by Gasteiger charge is 2.64. The third-order valence-electron chi connectivity index (χ3n) is 6.38. The topological polar surface area (TPSA) is 9.23 Å². The van der Waals surface area contributed by atoms with Crippen LogP contribution < -0.4 is 0 Å². The Morgan fingerprint density at radius 1 is 1.26 bits per heavy atom. The van der Waals surface area contributed by atoms with Gasteiger partial charge < -0.3 is 4.74 Å². The van der Waals surface area contributed by atoms with Crippen molar-refractivity contribution in [3.05, 3.63) is 11.6 Å². The van der Waals surface area contributed by atoms with Gasteiger partial charge in [0.05, 0.1) is 11.2 Å². The molecule has 1 unspecified atom stereocenters. The van der Waals surface area contributed by atoms with Crippen LogP contribution in [0, 0.1) is 11.3 Å². The van der Waals surface area contributed by atoms with E-state index in [0.29, 0.717) is 5.41 Å². The minimum atomic E-state index is 0.0837. The van der Waals surface area contributed by atoms with Crippen LogP contribution in [-0.2, 0) is 4.74 Å². The maximum Gasteiger partial charge on any atom is 0.0955 e. The van der Waals surface area contributed by atoms with Crippen molar-refractivity contribution in [2.45, 2.75) is 90.3 Å². The predicted octanol–water partition coefficient (Wildman–Crippen LogP) is 5.25. The minimum absolute atomic E-state index is 0.0837. The standard InChI is InChI=1S/C18H30O/c1-5-6-8-14-9-7-11-17(4)12-10-15-13-18(14,17)19-16(15,2)3/h9,15H,5-8,10-13H2,1-4H3/t15?,17-,18-/m0/s1. The summed E-state index contributed by atoms with van der Waals surface area (Å²) in [6, 6.07) is 0. The first-order chi connectivity index (χ1) is 8.94. The van der Waals surface area contributed by atoms with Gasteiger partial charge >= 0.3 is 0 Å². The maximum atomic E-state index is 6.81. The monoisotopic (exact) mass is 262 g/mol. The lowest BCUT2D eigenvalue weighted by Crippen LogP contribution is -2.51. The number of unbranched alkanes of at least 4 members (excludes halogenated alkanes) is 1. The quantitative estimate of drug-likeness (QED) is 0.631. The van der Waals surface area contributed by atoms with Crippen molar-refractivity contribution in [1.29, 1.82) is 0 Å². The summed E-state index contributed by atoms with van der Waals surface area (Å²) in [6.45, 7) is 9.45. The summed E-state index contributed by atoms with van der Waals surface area (Å²) in [6.07, 6.45) is 13.0. The Kier molecular flexibility index (Phi) is 3.13. The summed E-state index contributed by atoms with van der Waals surface area (Å²) in [7, 11) is 0. The van der Waals surface area contributed by atoms with E-state index in [0.717, 1.165) is 5.92 Å². The van der Waals surface area contributed by atoms with E-state index in [4.69, 9.17) is 4.74 Å². The molecular weight excluding hydrogens is 232 g/mol. The molecule has 0 aromatic carbocycles.